The summed E-state index contributed by atoms with van der Waals surface area (Å²) < 4.78 is 42.5. The summed E-state index contributed by atoms with van der Waals surface area (Å²) in [4.78, 5) is 11.8. The van der Waals surface area contributed by atoms with Gasteiger partial charge in [-0.05, 0) is 43.3 Å². The van der Waals surface area contributed by atoms with Crippen LogP contribution in [0.15, 0.2) is 41.3 Å². The largest absolute Gasteiger partial charge is 0.497 e. The highest BCUT2D eigenvalue weighted by molar-refractivity contribution is 7.93. The van der Waals surface area contributed by atoms with Gasteiger partial charge in [-0.25, -0.2) is 8.42 Å². The quantitative estimate of drug-likeness (QED) is 0.572. The standard InChI is InChI=1S/C18H19Cl2NO6S/c1-4-27-16(22)11-21(12-5-7-13(25-2)8-6-12)28(23,24)15-10-9-14(26-3)17(19)18(15)20/h5-10H,4,11H2,1-3H3. The zero-order valence-electron chi connectivity index (χ0n) is 15.4. The van der Waals surface area contributed by atoms with E-state index in [-0.39, 0.29) is 33.0 Å². The Morgan fingerprint density at radius 2 is 1.64 bits per heavy atom. The van der Waals surface area contributed by atoms with E-state index in [1.54, 1.807) is 19.1 Å². The van der Waals surface area contributed by atoms with E-state index in [0.29, 0.717) is 5.75 Å². The summed E-state index contributed by atoms with van der Waals surface area (Å²) in [7, 11) is -1.37. The second-order valence-corrected chi connectivity index (χ2v) is 8.00. The minimum Gasteiger partial charge on any atom is -0.497 e. The first kappa shape index (κ1) is 22.1. The average molecular weight is 448 g/mol. The molecule has 10 heteroatoms. The van der Waals surface area contributed by atoms with E-state index in [0.717, 1.165) is 4.31 Å². The molecule has 28 heavy (non-hydrogen) atoms. The minimum atomic E-state index is -4.25. The van der Waals surface area contributed by atoms with Gasteiger partial charge in [0.25, 0.3) is 10.0 Å². The first-order valence-electron chi connectivity index (χ1n) is 8.10. The van der Waals surface area contributed by atoms with Gasteiger partial charge in [-0.2, -0.15) is 0 Å². The molecule has 0 amide bonds. The van der Waals surface area contributed by atoms with Crippen LogP contribution in [0.1, 0.15) is 6.92 Å². The summed E-state index contributed by atoms with van der Waals surface area (Å²) >= 11 is 12.3. The van der Waals surface area contributed by atoms with Crippen LogP contribution in [0.3, 0.4) is 0 Å². The normalized spacial score (nSPS) is 11.0. The number of sulfonamides is 1. The predicted octanol–water partition coefficient (Wildman–Crippen LogP) is 3.77. The third kappa shape index (κ3) is 4.63. The Labute approximate surface area is 173 Å². The SMILES string of the molecule is CCOC(=O)CN(c1ccc(OC)cc1)S(=O)(=O)c1ccc(OC)c(Cl)c1Cl. The molecule has 0 unspecified atom stereocenters. The fourth-order valence-corrected chi connectivity index (χ4v) is 4.60. The molecule has 0 saturated heterocycles. The van der Waals surface area contributed by atoms with E-state index >= 15 is 0 Å². The Balaban J connectivity index is 2.57. The molecule has 0 atom stereocenters. The molecule has 0 aliphatic rings. The summed E-state index contributed by atoms with van der Waals surface area (Å²) in [6.45, 7) is 1.21. The maximum Gasteiger partial charge on any atom is 0.326 e. The molecule has 0 saturated carbocycles. The minimum absolute atomic E-state index is 0.0453. The molecule has 0 aliphatic carbocycles. The van der Waals surface area contributed by atoms with E-state index in [2.05, 4.69) is 0 Å². The Morgan fingerprint density at radius 3 is 2.18 bits per heavy atom. The topological polar surface area (TPSA) is 82.1 Å². The lowest BCUT2D eigenvalue weighted by Gasteiger charge is -2.24. The zero-order valence-corrected chi connectivity index (χ0v) is 17.8. The maximum absolute atomic E-state index is 13.3. The summed E-state index contributed by atoms with van der Waals surface area (Å²) in [5.74, 6) is 0.0485. The summed E-state index contributed by atoms with van der Waals surface area (Å²) in [5.41, 5.74) is 0.233. The van der Waals surface area contributed by atoms with Crippen LogP contribution in [0, 0.1) is 0 Å². The molecule has 152 valence electrons. The number of hydrogen-bond donors (Lipinski definition) is 0. The number of nitrogens with zero attached hydrogens (tertiary/aromatic N) is 1. The molecule has 0 fully saturated rings. The number of carbonyl (C=O) groups is 1. The van der Waals surface area contributed by atoms with Crippen LogP contribution in [-0.4, -0.2) is 41.8 Å². The molecule has 0 radical (unpaired) electrons. The van der Waals surface area contributed by atoms with Gasteiger partial charge >= 0.3 is 5.97 Å². The van der Waals surface area contributed by atoms with Gasteiger partial charge in [0.1, 0.15) is 28.0 Å². The van der Waals surface area contributed by atoms with Crippen LogP contribution in [-0.2, 0) is 19.6 Å². The van der Waals surface area contributed by atoms with Crippen molar-refractivity contribution in [3.8, 4) is 11.5 Å². The number of hydrogen-bond acceptors (Lipinski definition) is 6. The molecule has 0 heterocycles. The first-order valence-corrected chi connectivity index (χ1v) is 10.3. The number of halogens is 2. The van der Waals surface area contributed by atoms with Crippen LogP contribution >= 0.6 is 23.2 Å². The zero-order chi connectivity index (χ0) is 20.9. The third-order valence-electron chi connectivity index (χ3n) is 3.74. The maximum atomic E-state index is 13.3. The van der Waals surface area contributed by atoms with Gasteiger partial charge in [-0.15, -0.1) is 0 Å². The Hall–Kier alpha value is -2.16. The highest BCUT2D eigenvalue weighted by atomic mass is 35.5. The summed E-state index contributed by atoms with van der Waals surface area (Å²) in [6, 6.07) is 8.82. The third-order valence-corrected chi connectivity index (χ3v) is 6.53. The van der Waals surface area contributed by atoms with Gasteiger partial charge in [-0.1, -0.05) is 23.2 Å². The number of rotatable bonds is 8. The molecule has 0 spiro atoms. The highest BCUT2D eigenvalue weighted by Crippen LogP contribution is 2.38. The van der Waals surface area contributed by atoms with Crippen LogP contribution in [0.5, 0.6) is 11.5 Å². The van der Waals surface area contributed by atoms with E-state index in [1.807, 2.05) is 0 Å². The Kier molecular flexibility index (Phi) is 7.40. The van der Waals surface area contributed by atoms with E-state index < -0.39 is 22.5 Å². The lowest BCUT2D eigenvalue weighted by Crippen LogP contribution is -2.36. The summed E-state index contributed by atoms with van der Waals surface area (Å²) in [5, 5.41) is -0.251. The molecular formula is C18H19Cl2NO6S. The van der Waals surface area contributed by atoms with Gasteiger partial charge in [0.2, 0.25) is 0 Å². The van der Waals surface area contributed by atoms with Gasteiger partial charge in [0, 0.05) is 0 Å². The van der Waals surface area contributed by atoms with E-state index in [1.165, 1.54) is 38.5 Å². The molecule has 0 aliphatic heterocycles. The fourth-order valence-electron chi connectivity index (χ4n) is 2.38. The van der Waals surface area contributed by atoms with Crippen molar-refractivity contribution in [1.82, 2.24) is 0 Å². The molecule has 2 aromatic carbocycles. The van der Waals surface area contributed by atoms with Crippen molar-refractivity contribution in [1.29, 1.82) is 0 Å². The second-order valence-electron chi connectivity index (χ2n) is 5.41. The predicted molar refractivity (Wildman–Crippen MR) is 107 cm³/mol. The molecule has 0 aromatic heterocycles. The van der Waals surface area contributed by atoms with Crippen molar-refractivity contribution in [2.24, 2.45) is 0 Å². The van der Waals surface area contributed by atoms with Gasteiger partial charge in [0.05, 0.1) is 31.5 Å². The second kappa shape index (κ2) is 9.36. The number of carbonyl (C=O) groups excluding carboxylic acids is 1. The van der Waals surface area contributed by atoms with Crippen molar-refractivity contribution in [2.75, 3.05) is 31.7 Å². The summed E-state index contributed by atoms with van der Waals surface area (Å²) in [6.07, 6.45) is 0. The number of methoxy groups -OCH3 is 2. The lowest BCUT2D eigenvalue weighted by molar-refractivity contribution is -0.141. The number of esters is 1. The van der Waals surface area contributed by atoms with Crippen molar-refractivity contribution < 1.29 is 27.4 Å². The van der Waals surface area contributed by atoms with Crippen LogP contribution < -0.4 is 13.8 Å². The number of anilines is 1. The average Bonchev–Trinajstić information content (AvgIpc) is 2.68. The smallest absolute Gasteiger partial charge is 0.326 e. The van der Waals surface area contributed by atoms with Gasteiger partial charge in [-0.3, -0.25) is 9.10 Å². The fraction of sp³-hybridized carbons (Fsp3) is 0.278. The van der Waals surface area contributed by atoms with Gasteiger partial charge in [0.15, 0.2) is 0 Å². The molecule has 2 aromatic rings. The first-order chi connectivity index (χ1) is 13.3. The molecule has 0 bridgehead atoms. The van der Waals surface area contributed by atoms with Gasteiger partial charge < -0.3 is 14.2 Å². The number of ether oxygens (including phenoxy) is 3. The molecular weight excluding hydrogens is 429 g/mol. The lowest BCUT2D eigenvalue weighted by atomic mass is 10.3. The van der Waals surface area contributed by atoms with Crippen LogP contribution in [0.25, 0.3) is 0 Å². The molecule has 7 nitrogen and oxygen atoms in total. The van der Waals surface area contributed by atoms with Crippen molar-refractivity contribution >= 4 is 44.9 Å². The van der Waals surface area contributed by atoms with E-state index in [9.17, 15) is 13.2 Å². The van der Waals surface area contributed by atoms with Crippen molar-refractivity contribution in [3.63, 3.8) is 0 Å². The van der Waals surface area contributed by atoms with Crippen molar-refractivity contribution in [3.05, 3.63) is 46.4 Å². The van der Waals surface area contributed by atoms with Crippen LogP contribution in [0.2, 0.25) is 10.0 Å². The molecule has 0 N–H and O–H groups in total. The van der Waals surface area contributed by atoms with E-state index in [4.69, 9.17) is 37.4 Å². The Morgan fingerprint density at radius 1 is 1.00 bits per heavy atom. The highest BCUT2D eigenvalue weighted by Gasteiger charge is 2.31. The monoisotopic (exact) mass is 447 g/mol. The van der Waals surface area contributed by atoms with Crippen LogP contribution in [0.4, 0.5) is 5.69 Å². The molecule has 2 rings (SSSR count). The number of benzene rings is 2. The van der Waals surface area contributed by atoms with Crippen molar-refractivity contribution in [2.45, 2.75) is 11.8 Å². The Bertz CT molecular complexity index is 947.